The number of hydrogen-bond donors (Lipinski definition) is 2. The van der Waals surface area contributed by atoms with E-state index < -0.39 is 5.54 Å². The number of aryl methyl sites for hydroxylation is 2. The van der Waals surface area contributed by atoms with Crippen LogP contribution in [-0.2, 0) is 12.8 Å². The quantitative estimate of drug-likeness (QED) is 0.844. The highest BCUT2D eigenvalue weighted by molar-refractivity contribution is 4.99. The van der Waals surface area contributed by atoms with Gasteiger partial charge in [-0.3, -0.25) is 0 Å². The highest BCUT2D eigenvalue weighted by Gasteiger charge is 2.34. The van der Waals surface area contributed by atoms with Crippen LogP contribution < -0.4 is 5.73 Å². The fourth-order valence-electron chi connectivity index (χ4n) is 2.80. The second kappa shape index (κ2) is 5.36. The van der Waals surface area contributed by atoms with E-state index in [1.54, 1.807) is 0 Å². The average Bonchev–Trinajstić information content (AvgIpc) is 2.82. The van der Waals surface area contributed by atoms with Crippen LogP contribution in [0.3, 0.4) is 0 Å². The summed E-state index contributed by atoms with van der Waals surface area (Å²) in [4.78, 5) is 4.54. The Morgan fingerprint density at radius 3 is 2.83 bits per heavy atom. The Labute approximate surface area is 108 Å². The largest absolute Gasteiger partial charge is 0.394 e. The molecule has 1 aromatic heterocycles. The van der Waals surface area contributed by atoms with Crippen LogP contribution in [0, 0.1) is 0 Å². The molecule has 102 valence electrons. The lowest BCUT2D eigenvalue weighted by atomic mass is 9.80. The van der Waals surface area contributed by atoms with E-state index in [1.165, 1.54) is 0 Å². The van der Waals surface area contributed by atoms with E-state index in [0.717, 1.165) is 50.2 Å². The molecule has 0 aliphatic heterocycles. The van der Waals surface area contributed by atoms with Crippen molar-refractivity contribution >= 4 is 0 Å². The van der Waals surface area contributed by atoms with Gasteiger partial charge in [-0.05, 0) is 25.7 Å². The van der Waals surface area contributed by atoms with Gasteiger partial charge in [-0.2, -0.15) is 5.10 Å². The van der Waals surface area contributed by atoms with Crippen LogP contribution in [0.5, 0.6) is 0 Å². The fraction of sp³-hybridized carbons (Fsp3) is 0.846. The number of hydrogen-bond acceptors (Lipinski definition) is 4. The Bertz CT molecular complexity index is 404. The SMILES string of the molecule is CCc1nc(CC)n(C2CCCC(N)(CO)C2)n1. The Hall–Kier alpha value is -0.940. The van der Waals surface area contributed by atoms with Gasteiger partial charge < -0.3 is 10.8 Å². The van der Waals surface area contributed by atoms with Crippen molar-refractivity contribution in [2.75, 3.05) is 6.61 Å². The van der Waals surface area contributed by atoms with Gasteiger partial charge in [-0.25, -0.2) is 9.67 Å². The molecule has 1 fully saturated rings. The summed E-state index contributed by atoms with van der Waals surface area (Å²) in [6, 6.07) is 0.290. The van der Waals surface area contributed by atoms with E-state index >= 15 is 0 Å². The summed E-state index contributed by atoms with van der Waals surface area (Å²) in [5.74, 6) is 1.95. The summed E-state index contributed by atoms with van der Waals surface area (Å²) in [5, 5.41) is 14.0. The Kier molecular flexibility index (Phi) is 4.02. The normalized spacial score (nSPS) is 28.6. The molecule has 3 N–H and O–H groups in total. The van der Waals surface area contributed by atoms with Crippen LogP contribution in [0.15, 0.2) is 0 Å². The van der Waals surface area contributed by atoms with Gasteiger partial charge in [0, 0.05) is 18.4 Å². The summed E-state index contributed by atoms with van der Waals surface area (Å²) < 4.78 is 2.05. The van der Waals surface area contributed by atoms with Gasteiger partial charge in [0.25, 0.3) is 0 Å². The number of rotatable bonds is 4. The van der Waals surface area contributed by atoms with Crippen molar-refractivity contribution in [2.45, 2.75) is 64.0 Å². The molecule has 2 atom stereocenters. The van der Waals surface area contributed by atoms with Crippen LogP contribution in [0.1, 0.15) is 57.2 Å². The highest BCUT2D eigenvalue weighted by Crippen LogP contribution is 2.34. The predicted octanol–water partition coefficient (Wildman–Crippen LogP) is 1.21. The van der Waals surface area contributed by atoms with Crippen molar-refractivity contribution in [1.29, 1.82) is 0 Å². The van der Waals surface area contributed by atoms with E-state index in [2.05, 4.69) is 28.6 Å². The van der Waals surface area contributed by atoms with Gasteiger partial charge in [-0.1, -0.05) is 13.8 Å². The molecule has 0 radical (unpaired) electrons. The zero-order chi connectivity index (χ0) is 13.2. The molecule has 1 aliphatic rings. The van der Waals surface area contributed by atoms with Crippen molar-refractivity contribution in [1.82, 2.24) is 14.8 Å². The van der Waals surface area contributed by atoms with Gasteiger partial charge in [0.15, 0.2) is 5.82 Å². The standard InChI is InChI=1S/C13H24N4O/c1-3-11-15-12(4-2)17(16-11)10-6-5-7-13(14,8-10)9-18/h10,18H,3-9,14H2,1-2H3. The summed E-state index contributed by atoms with van der Waals surface area (Å²) >= 11 is 0. The van der Waals surface area contributed by atoms with Crippen LogP contribution in [-0.4, -0.2) is 32.0 Å². The molecule has 2 unspecified atom stereocenters. The van der Waals surface area contributed by atoms with Crippen molar-refractivity contribution in [3.63, 3.8) is 0 Å². The molecule has 1 aromatic rings. The van der Waals surface area contributed by atoms with E-state index in [4.69, 9.17) is 5.73 Å². The molecular weight excluding hydrogens is 228 g/mol. The number of aliphatic hydroxyl groups is 1. The topological polar surface area (TPSA) is 77.0 Å². The summed E-state index contributed by atoms with van der Waals surface area (Å²) in [7, 11) is 0. The molecular formula is C13H24N4O. The lowest BCUT2D eigenvalue weighted by Gasteiger charge is -2.36. The molecule has 1 aliphatic carbocycles. The maximum absolute atomic E-state index is 9.42. The zero-order valence-corrected chi connectivity index (χ0v) is 11.4. The molecule has 18 heavy (non-hydrogen) atoms. The molecule has 5 nitrogen and oxygen atoms in total. The first-order chi connectivity index (χ1) is 8.61. The monoisotopic (exact) mass is 252 g/mol. The second-order valence-corrected chi connectivity index (χ2v) is 5.37. The van der Waals surface area contributed by atoms with E-state index in [1.807, 2.05) is 0 Å². The molecule has 0 spiro atoms. The molecule has 0 saturated heterocycles. The second-order valence-electron chi connectivity index (χ2n) is 5.37. The summed E-state index contributed by atoms with van der Waals surface area (Å²) in [6.45, 7) is 4.23. The minimum atomic E-state index is -0.438. The van der Waals surface area contributed by atoms with Gasteiger partial charge in [0.05, 0.1) is 12.6 Å². The van der Waals surface area contributed by atoms with Crippen LogP contribution in [0.4, 0.5) is 0 Å². The first-order valence-corrected chi connectivity index (χ1v) is 6.96. The maximum Gasteiger partial charge on any atom is 0.150 e. The predicted molar refractivity (Wildman–Crippen MR) is 70.3 cm³/mol. The molecule has 0 aromatic carbocycles. The third-order valence-electron chi connectivity index (χ3n) is 3.89. The molecule has 1 saturated carbocycles. The van der Waals surface area contributed by atoms with Crippen LogP contribution in [0.2, 0.25) is 0 Å². The number of nitrogens with zero attached hydrogens (tertiary/aromatic N) is 3. The molecule has 2 rings (SSSR count). The molecule has 5 heteroatoms. The fourth-order valence-corrected chi connectivity index (χ4v) is 2.80. The van der Waals surface area contributed by atoms with E-state index in [-0.39, 0.29) is 6.61 Å². The van der Waals surface area contributed by atoms with Crippen LogP contribution in [0.25, 0.3) is 0 Å². The Morgan fingerprint density at radius 2 is 2.22 bits per heavy atom. The van der Waals surface area contributed by atoms with Gasteiger partial charge in [0.1, 0.15) is 5.82 Å². The highest BCUT2D eigenvalue weighted by atomic mass is 16.3. The van der Waals surface area contributed by atoms with Crippen molar-refractivity contribution in [3.8, 4) is 0 Å². The number of aromatic nitrogens is 3. The van der Waals surface area contributed by atoms with Crippen molar-refractivity contribution < 1.29 is 5.11 Å². The van der Waals surface area contributed by atoms with Crippen molar-refractivity contribution in [2.24, 2.45) is 5.73 Å². The summed E-state index contributed by atoms with van der Waals surface area (Å²) in [5.41, 5.74) is 5.77. The minimum absolute atomic E-state index is 0.0558. The summed E-state index contributed by atoms with van der Waals surface area (Å²) in [6.07, 6.45) is 5.57. The molecule has 0 amide bonds. The smallest absolute Gasteiger partial charge is 0.150 e. The van der Waals surface area contributed by atoms with Gasteiger partial charge >= 0.3 is 0 Å². The lowest BCUT2D eigenvalue weighted by molar-refractivity contribution is 0.126. The van der Waals surface area contributed by atoms with Gasteiger partial charge in [0.2, 0.25) is 0 Å². The minimum Gasteiger partial charge on any atom is -0.394 e. The molecule has 1 heterocycles. The maximum atomic E-state index is 9.42. The van der Waals surface area contributed by atoms with Crippen LogP contribution >= 0.6 is 0 Å². The van der Waals surface area contributed by atoms with Crippen molar-refractivity contribution in [3.05, 3.63) is 11.6 Å². The first kappa shape index (κ1) is 13.5. The first-order valence-electron chi connectivity index (χ1n) is 6.96. The molecule has 0 bridgehead atoms. The average molecular weight is 252 g/mol. The Morgan fingerprint density at radius 1 is 1.44 bits per heavy atom. The zero-order valence-electron chi connectivity index (χ0n) is 11.4. The third-order valence-corrected chi connectivity index (χ3v) is 3.89. The number of nitrogens with two attached hydrogens (primary N) is 1. The third kappa shape index (κ3) is 2.57. The van der Waals surface area contributed by atoms with E-state index in [9.17, 15) is 5.11 Å². The van der Waals surface area contributed by atoms with Gasteiger partial charge in [-0.15, -0.1) is 0 Å². The lowest BCUT2D eigenvalue weighted by Crippen LogP contribution is -2.48. The van der Waals surface area contributed by atoms with E-state index in [0.29, 0.717) is 6.04 Å². The Balaban J connectivity index is 2.22. The number of aliphatic hydroxyl groups excluding tert-OH is 1.